The number of nitrogens with one attached hydrogen (secondary N) is 1. The first-order valence-electron chi connectivity index (χ1n) is 5.98. The molecule has 1 amide bonds. The molecule has 21 heavy (non-hydrogen) atoms. The normalized spacial score (nSPS) is 12.9. The topological polar surface area (TPSA) is 168 Å². The van der Waals surface area contributed by atoms with E-state index >= 15 is 0 Å². The van der Waals surface area contributed by atoms with E-state index in [-0.39, 0.29) is 19.4 Å². The minimum Gasteiger partial charge on any atom is -0.480 e. The molecular formula is C10H17N4O6P. The summed E-state index contributed by atoms with van der Waals surface area (Å²) in [4.78, 5) is 43.9. The third kappa shape index (κ3) is 6.50. The molecule has 0 saturated heterocycles. The summed E-state index contributed by atoms with van der Waals surface area (Å²) in [5.41, 5.74) is 5.49. The van der Waals surface area contributed by atoms with Crippen LogP contribution in [0, 0.1) is 0 Å². The molecule has 0 saturated carbocycles. The van der Waals surface area contributed by atoms with Gasteiger partial charge in [-0.3, -0.25) is 9.36 Å². The van der Waals surface area contributed by atoms with E-state index in [2.05, 4.69) is 10.3 Å². The van der Waals surface area contributed by atoms with Crippen molar-refractivity contribution in [2.75, 3.05) is 6.54 Å². The van der Waals surface area contributed by atoms with E-state index in [0.29, 0.717) is 5.69 Å². The fraction of sp³-hybridized carbons (Fsp3) is 0.500. The molecule has 11 heteroatoms. The molecule has 1 rings (SSSR count). The molecule has 0 aliphatic carbocycles. The van der Waals surface area contributed by atoms with Gasteiger partial charge in [0.1, 0.15) is 12.3 Å². The summed E-state index contributed by atoms with van der Waals surface area (Å²) in [6, 6.07) is -1.18. The van der Waals surface area contributed by atoms with Crippen LogP contribution in [0.3, 0.4) is 0 Å². The molecule has 1 aromatic heterocycles. The standard InChI is InChI=1S/C10H17N4O6P/c11-2-1-9(15)13-8(10(16)17)3-7-4-14(5-12-7)6-21(18,19)20/h4-5,8H,1-3,6,11H2,(H,13,15)(H,16,17)(H2,18,19,20). The molecular weight excluding hydrogens is 303 g/mol. The molecule has 0 aliphatic rings. The van der Waals surface area contributed by atoms with Crippen LogP contribution in [0.2, 0.25) is 0 Å². The van der Waals surface area contributed by atoms with Gasteiger partial charge in [0.15, 0.2) is 0 Å². The number of hydrogen-bond acceptors (Lipinski definition) is 5. The van der Waals surface area contributed by atoms with Crippen molar-refractivity contribution in [2.45, 2.75) is 25.2 Å². The lowest BCUT2D eigenvalue weighted by molar-refractivity contribution is -0.141. The Morgan fingerprint density at radius 3 is 2.67 bits per heavy atom. The monoisotopic (exact) mass is 320 g/mol. The maximum absolute atomic E-state index is 11.4. The largest absolute Gasteiger partial charge is 0.480 e. The number of carboxylic acid groups (broad SMARTS) is 1. The van der Waals surface area contributed by atoms with Crippen molar-refractivity contribution in [2.24, 2.45) is 5.73 Å². The highest BCUT2D eigenvalue weighted by atomic mass is 31.2. The maximum Gasteiger partial charge on any atom is 0.345 e. The molecule has 118 valence electrons. The number of rotatable bonds is 8. The van der Waals surface area contributed by atoms with Gasteiger partial charge in [-0.1, -0.05) is 0 Å². The van der Waals surface area contributed by atoms with Crippen LogP contribution in [0.15, 0.2) is 12.5 Å². The Morgan fingerprint density at radius 1 is 1.48 bits per heavy atom. The average Bonchev–Trinajstić information content (AvgIpc) is 2.73. The second-order valence-corrected chi connectivity index (χ2v) is 6.00. The van der Waals surface area contributed by atoms with E-state index in [9.17, 15) is 14.2 Å². The minimum atomic E-state index is -4.24. The molecule has 0 bridgehead atoms. The number of carboxylic acids is 1. The summed E-state index contributed by atoms with van der Waals surface area (Å²) in [5, 5.41) is 11.3. The second-order valence-electron chi connectivity index (χ2n) is 4.39. The lowest BCUT2D eigenvalue weighted by Gasteiger charge is -2.12. The molecule has 1 aromatic rings. The summed E-state index contributed by atoms with van der Waals surface area (Å²) in [6.07, 6.45) is 1.88. The lowest BCUT2D eigenvalue weighted by Crippen LogP contribution is -2.42. The van der Waals surface area contributed by atoms with Gasteiger partial charge in [-0.25, -0.2) is 9.78 Å². The van der Waals surface area contributed by atoms with Crippen molar-refractivity contribution >= 4 is 19.5 Å². The molecule has 0 spiro atoms. The Morgan fingerprint density at radius 2 is 2.14 bits per heavy atom. The smallest absolute Gasteiger partial charge is 0.345 e. The first-order valence-corrected chi connectivity index (χ1v) is 7.78. The van der Waals surface area contributed by atoms with Crippen molar-refractivity contribution in [3.8, 4) is 0 Å². The number of nitrogens with two attached hydrogens (primary N) is 1. The van der Waals surface area contributed by atoms with Crippen LogP contribution in [0.5, 0.6) is 0 Å². The van der Waals surface area contributed by atoms with Gasteiger partial charge in [0, 0.05) is 25.6 Å². The number of amides is 1. The number of carbonyl (C=O) groups excluding carboxylic acids is 1. The van der Waals surface area contributed by atoms with Crippen LogP contribution < -0.4 is 11.1 Å². The molecule has 0 fully saturated rings. The Kier molecular flexibility index (Phi) is 6.03. The van der Waals surface area contributed by atoms with Crippen molar-refractivity contribution in [1.82, 2.24) is 14.9 Å². The van der Waals surface area contributed by atoms with Crippen molar-refractivity contribution in [1.29, 1.82) is 0 Å². The van der Waals surface area contributed by atoms with E-state index in [1.54, 1.807) is 0 Å². The fourth-order valence-electron chi connectivity index (χ4n) is 1.61. The highest BCUT2D eigenvalue weighted by Gasteiger charge is 2.22. The summed E-state index contributed by atoms with van der Waals surface area (Å²) < 4.78 is 12.0. The van der Waals surface area contributed by atoms with Crippen molar-refractivity contribution in [3.63, 3.8) is 0 Å². The Hall–Kier alpha value is -1.74. The van der Waals surface area contributed by atoms with Crippen LogP contribution in [0.1, 0.15) is 12.1 Å². The van der Waals surface area contributed by atoms with Crippen LogP contribution in [0.4, 0.5) is 0 Å². The Labute approximate surface area is 120 Å². The summed E-state index contributed by atoms with van der Waals surface area (Å²) in [7, 11) is -4.24. The van der Waals surface area contributed by atoms with Crippen LogP contribution >= 0.6 is 7.60 Å². The van der Waals surface area contributed by atoms with Crippen LogP contribution in [-0.2, 0) is 26.9 Å². The minimum absolute atomic E-state index is 0.0103. The number of imidazole rings is 1. The van der Waals surface area contributed by atoms with E-state index in [1.807, 2.05) is 0 Å². The Balaban J connectivity index is 2.69. The van der Waals surface area contributed by atoms with E-state index in [1.165, 1.54) is 12.5 Å². The number of hydrogen-bond donors (Lipinski definition) is 5. The molecule has 6 N–H and O–H groups in total. The van der Waals surface area contributed by atoms with E-state index in [0.717, 1.165) is 4.57 Å². The zero-order valence-corrected chi connectivity index (χ0v) is 11.9. The molecule has 1 unspecified atom stereocenters. The van der Waals surface area contributed by atoms with E-state index < -0.39 is 31.8 Å². The number of aromatic nitrogens is 2. The van der Waals surface area contributed by atoms with Gasteiger partial charge >= 0.3 is 13.6 Å². The molecule has 10 nitrogen and oxygen atoms in total. The van der Waals surface area contributed by atoms with E-state index in [4.69, 9.17) is 20.6 Å². The third-order valence-electron chi connectivity index (χ3n) is 2.45. The second kappa shape index (κ2) is 7.32. The maximum atomic E-state index is 11.4. The fourth-order valence-corrected chi connectivity index (χ4v) is 2.19. The summed E-state index contributed by atoms with van der Waals surface area (Å²) in [6.45, 7) is 0.106. The molecule has 1 heterocycles. The Bertz CT molecular complexity index is 553. The van der Waals surface area contributed by atoms with Gasteiger partial charge < -0.3 is 30.5 Å². The number of nitrogens with zero attached hydrogens (tertiary/aromatic N) is 2. The predicted molar refractivity (Wildman–Crippen MR) is 71.2 cm³/mol. The third-order valence-corrected chi connectivity index (χ3v) is 3.15. The van der Waals surface area contributed by atoms with Crippen LogP contribution in [-0.4, -0.2) is 48.9 Å². The van der Waals surface area contributed by atoms with Gasteiger partial charge in [-0.05, 0) is 0 Å². The summed E-state index contributed by atoms with van der Waals surface area (Å²) in [5.74, 6) is -1.72. The van der Waals surface area contributed by atoms with Crippen molar-refractivity contribution < 1.29 is 29.0 Å². The molecule has 0 radical (unpaired) electrons. The van der Waals surface area contributed by atoms with Crippen molar-refractivity contribution in [3.05, 3.63) is 18.2 Å². The first kappa shape index (κ1) is 17.3. The first-order chi connectivity index (χ1) is 9.71. The zero-order valence-electron chi connectivity index (χ0n) is 11.0. The number of carbonyl (C=O) groups is 2. The molecule has 0 aliphatic heterocycles. The lowest BCUT2D eigenvalue weighted by atomic mass is 10.1. The van der Waals surface area contributed by atoms with Gasteiger partial charge in [0.05, 0.1) is 12.0 Å². The average molecular weight is 320 g/mol. The van der Waals surface area contributed by atoms with Gasteiger partial charge in [0.25, 0.3) is 0 Å². The molecule has 1 atom stereocenters. The van der Waals surface area contributed by atoms with Gasteiger partial charge in [-0.15, -0.1) is 0 Å². The highest BCUT2D eigenvalue weighted by molar-refractivity contribution is 7.50. The predicted octanol–water partition coefficient (Wildman–Crippen LogP) is -1.52. The zero-order chi connectivity index (χ0) is 16.0. The van der Waals surface area contributed by atoms with Gasteiger partial charge in [-0.2, -0.15) is 0 Å². The highest BCUT2D eigenvalue weighted by Crippen LogP contribution is 2.36. The number of aliphatic carboxylic acids is 1. The SMILES string of the molecule is NCCC(=O)NC(Cc1cn(CP(=O)(O)O)cn1)C(=O)O. The molecule has 0 aromatic carbocycles. The van der Waals surface area contributed by atoms with Gasteiger partial charge in [0.2, 0.25) is 5.91 Å². The summed E-state index contributed by atoms with van der Waals surface area (Å²) >= 11 is 0. The van der Waals surface area contributed by atoms with Crippen LogP contribution in [0.25, 0.3) is 0 Å². The quantitative estimate of drug-likeness (QED) is 0.360.